The molecule has 0 aromatic heterocycles. The Morgan fingerprint density at radius 1 is 1.25 bits per heavy atom. The lowest BCUT2D eigenvalue weighted by Crippen LogP contribution is -2.27. The number of phenolic OH excluding ortho intramolecular Hbond substituents is 1. The van der Waals surface area contributed by atoms with E-state index in [2.05, 4.69) is 6.07 Å². The predicted molar refractivity (Wildman–Crippen MR) is 76.7 cm³/mol. The van der Waals surface area contributed by atoms with Gasteiger partial charge in [0.05, 0.1) is 16.8 Å². The molecule has 2 aromatic rings. The first-order valence-electron chi connectivity index (χ1n) is 6.11. The van der Waals surface area contributed by atoms with Crippen LogP contribution in [-0.2, 0) is 0 Å². The first-order valence-corrected chi connectivity index (χ1v) is 6.11. The maximum absolute atomic E-state index is 12.4. The Hall–Kier alpha value is -2.80. The number of para-hydroxylation sites is 1. The second kappa shape index (κ2) is 5.45. The lowest BCUT2D eigenvalue weighted by Gasteiger charge is -2.19. The summed E-state index contributed by atoms with van der Waals surface area (Å²) in [5, 5.41) is 18.9. The summed E-state index contributed by atoms with van der Waals surface area (Å²) in [6.07, 6.45) is 0. The normalized spacial score (nSPS) is 9.85. The fraction of sp³-hybridized carbons (Fsp3) is 0.125. The van der Waals surface area contributed by atoms with E-state index in [1.807, 2.05) is 6.92 Å². The summed E-state index contributed by atoms with van der Waals surface area (Å²) in [5.41, 5.74) is 2.03. The predicted octanol–water partition coefficient (Wildman–Crippen LogP) is 2.85. The van der Waals surface area contributed by atoms with Gasteiger partial charge in [-0.1, -0.05) is 23.8 Å². The molecule has 0 aliphatic heterocycles. The number of anilines is 1. The number of nitriles is 1. The highest BCUT2D eigenvalue weighted by Crippen LogP contribution is 2.24. The van der Waals surface area contributed by atoms with E-state index in [-0.39, 0.29) is 17.2 Å². The van der Waals surface area contributed by atoms with Gasteiger partial charge in [0.25, 0.3) is 5.91 Å². The van der Waals surface area contributed by atoms with E-state index in [1.54, 1.807) is 43.4 Å². The van der Waals surface area contributed by atoms with E-state index >= 15 is 0 Å². The molecule has 4 heteroatoms. The number of aryl methyl sites for hydroxylation is 1. The van der Waals surface area contributed by atoms with Crippen molar-refractivity contribution in [1.29, 1.82) is 5.26 Å². The highest BCUT2D eigenvalue weighted by molar-refractivity contribution is 6.08. The molecule has 100 valence electrons. The third-order valence-corrected chi connectivity index (χ3v) is 3.07. The molecule has 0 saturated carbocycles. The van der Waals surface area contributed by atoms with Gasteiger partial charge in [-0.2, -0.15) is 5.26 Å². The minimum Gasteiger partial charge on any atom is -0.507 e. The summed E-state index contributed by atoms with van der Waals surface area (Å²) in [4.78, 5) is 13.8. The molecule has 20 heavy (non-hydrogen) atoms. The van der Waals surface area contributed by atoms with Crippen molar-refractivity contribution in [2.45, 2.75) is 6.92 Å². The van der Waals surface area contributed by atoms with Gasteiger partial charge in [0.15, 0.2) is 0 Å². The van der Waals surface area contributed by atoms with Crippen molar-refractivity contribution in [2.75, 3.05) is 11.9 Å². The van der Waals surface area contributed by atoms with Crippen molar-refractivity contribution in [3.63, 3.8) is 0 Å². The molecule has 0 fully saturated rings. The zero-order valence-corrected chi connectivity index (χ0v) is 11.3. The van der Waals surface area contributed by atoms with E-state index in [0.29, 0.717) is 11.3 Å². The molecule has 0 aliphatic carbocycles. The summed E-state index contributed by atoms with van der Waals surface area (Å²) in [7, 11) is 1.58. The standard InChI is InChI=1S/C16H14N2O2/c1-11-7-8-15(19)13(9-11)16(20)18(2)14-6-4-3-5-12(14)10-17/h3-9,19H,1-2H3. The summed E-state index contributed by atoms with van der Waals surface area (Å²) in [6, 6.07) is 13.8. The van der Waals surface area contributed by atoms with Crippen LogP contribution in [-0.4, -0.2) is 18.1 Å². The van der Waals surface area contributed by atoms with Crippen LogP contribution in [0.15, 0.2) is 42.5 Å². The molecule has 1 N–H and O–H groups in total. The lowest BCUT2D eigenvalue weighted by molar-refractivity contribution is 0.0990. The topological polar surface area (TPSA) is 64.3 Å². The number of nitrogens with zero attached hydrogens (tertiary/aromatic N) is 2. The molecular weight excluding hydrogens is 252 g/mol. The molecule has 0 bridgehead atoms. The molecule has 0 heterocycles. The van der Waals surface area contributed by atoms with Crippen LogP contribution in [0.5, 0.6) is 5.75 Å². The van der Waals surface area contributed by atoms with Gasteiger partial charge < -0.3 is 10.0 Å². The van der Waals surface area contributed by atoms with Gasteiger partial charge in [-0.25, -0.2) is 0 Å². The number of phenols is 1. The van der Waals surface area contributed by atoms with Gasteiger partial charge >= 0.3 is 0 Å². The molecule has 0 aliphatic rings. The molecule has 0 atom stereocenters. The number of benzene rings is 2. The first-order chi connectivity index (χ1) is 9.54. The molecule has 2 rings (SSSR count). The molecule has 0 unspecified atom stereocenters. The Morgan fingerprint density at radius 2 is 1.95 bits per heavy atom. The Balaban J connectivity index is 2.43. The highest BCUT2D eigenvalue weighted by atomic mass is 16.3. The third-order valence-electron chi connectivity index (χ3n) is 3.07. The van der Waals surface area contributed by atoms with E-state index in [0.717, 1.165) is 5.56 Å². The van der Waals surface area contributed by atoms with Gasteiger partial charge in [0.1, 0.15) is 11.8 Å². The molecule has 4 nitrogen and oxygen atoms in total. The van der Waals surface area contributed by atoms with Crippen LogP contribution in [0.3, 0.4) is 0 Å². The van der Waals surface area contributed by atoms with Crippen LogP contribution < -0.4 is 4.90 Å². The second-order valence-corrected chi connectivity index (χ2v) is 4.51. The number of carbonyl (C=O) groups is 1. The minimum absolute atomic E-state index is 0.0677. The monoisotopic (exact) mass is 266 g/mol. The second-order valence-electron chi connectivity index (χ2n) is 4.51. The summed E-state index contributed by atoms with van der Waals surface area (Å²) in [5.74, 6) is -0.421. The number of carbonyl (C=O) groups excluding carboxylic acids is 1. The van der Waals surface area contributed by atoms with Crippen molar-refractivity contribution >= 4 is 11.6 Å². The van der Waals surface area contributed by atoms with E-state index in [1.165, 1.54) is 11.0 Å². The van der Waals surface area contributed by atoms with Crippen molar-refractivity contribution in [2.24, 2.45) is 0 Å². The van der Waals surface area contributed by atoms with Crippen LogP contribution in [0.4, 0.5) is 5.69 Å². The van der Waals surface area contributed by atoms with Gasteiger partial charge in [-0.3, -0.25) is 4.79 Å². The Bertz CT molecular complexity index is 702. The molecular formula is C16H14N2O2. The van der Waals surface area contributed by atoms with Gasteiger partial charge in [-0.05, 0) is 31.2 Å². The number of hydrogen-bond acceptors (Lipinski definition) is 3. The van der Waals surface area contributed by atoms with Gasteiger partial charge in [0, 0.05) is 7.05 Å². The number of aromatic hydroxyl groups is 1. The molecule has 0 spiro atoms. The van der Waals surface area contributed by atoms with Crippen molar-refractivity contribution in [3.05, 3.63) is 59.2 Å². The largest absolute Gasteiger partial charge is 0.507 e. The van der Waals surface area contributed by atoms with E-state index in [4.69, 9.17) is 5.26 Å². The Morgan fingerprint density at radius 3 is 2.65 bits per heavy atom. The Labute approximate surface area is 117 Å². The zero-order chi connectivity index (χ0) is 14.7. The van der Waals surface area contributed by atoms with E-state index < -0.39 is 0 Å². The van der Waals surface area contributed by atoms with Crippen LogP contribution in [0.1, 0.15) is 21.5 Å². The van der Waals surface area contributed by atoms with E-state index in [9.17, 15) is 9.90 Å². The summed E-state index contributed by atoms with van der Waals surface area (Å²) >= 11 is 0. The van der Waals surface area contributed by atoms with Crippen LogP contribution in [0.2, 0.25) is 0 Å². The van der Waals surface area contributed by atoms with Crippen molar-refractivity contribution in [1.82, 2.24) is 0 Å². The maximum atomic E-state index is 12.4. The van der Waals surface area contributed by atoms with Gasteiger partial charge in [0.2, 0.25) is 0 Å². The van der Waals surface area contributed by atoms with Crippen LogP contribution in [0.25, 0.3) is 0 Å². The number of hydrogen-bond donors (Lipinski definition) is 1. The highest BCUT2D eigenvalue weighted by Gasteiger charge is 2.19. The van der Waals surface area contributed by atoms with Crippen LogP contribution in [0, 0.1) is 18.3 Å². The quantitative estimate of drug-likeness (QED) is 0.909. The van der Waals surface area contributed by atoms with Crippen molar-refractivity contribution < 1.29 is 9.90 Å². The smallest absolute Gasteiger partial charge is 0.261 e. The molecule has 1 amide bonds. The fourth-order valence-electron chi connectivity index (χ4n) is 1.97. The average molecular weight is 266 g/mol. The molecule has 0 saturated heterocycles. The minimum atomic E-state index is -0.353. The van der Waals surface area contributed by atoms with Crippen LogP contribution >= 0.6 is 0 Å². The number of rotatable bonds is 2. The summed E-state index contributed by atoms with van der Waals surface area (Å²) < 4.78 is 0. The lowest BCUT2D eigenvalue weighted by atomic mass is 10.1. The van der Waals surface area contributed by atoms with Crippen molar-refractivity contribution in [3.8, 4) is 11.8 Å². The molecule has 0 radical (unpaired) electrons. The SMILES string of the molecule is Cc1ccc(O)c(C(=O)N(C)c2ccccc2C#N)c1. The fourth-order valence-corrected chi connectivity index (χ4v) is 1.97. The zero-order valence-electron chi connectivity index (χ0n) is 11.3. The average Bonchev–Trinajstić information content (AvgIpc) is 2.48. The maximum Gasteiger partial charge on any atom is 0.261 e. The Kier molecular flexibility index (Phi) is 3.72. The number of amides is 1. The van der Waals surface area contributed by atoms with Gasteiger partial charge in [-0.15, -0.1) is 0 Å². The third kappa shape index (κ3) is 2.47. The first kappa shape index (κ1) is 13.6. The summed E-state index contributed by atoms with van der Waals surface area (Å²) in [6.45, 7) is 1.85. The molecule has 2 aromatic carbocycles.